The van der Waals surface area contributed by atoms with Gasteiger partial charge in [0.25, 0.3) is 10.0 Å². The molecule has 3 aromatic carbocycles. The highest BCUT2D eigenvalue weighted by Gasteiger charge is 2.20. The first-order valence-corrected chi connectivity index (χ1v) is 13.3. The number of amides is 1. The number of fused-ring (bicyclic) bond motifs is 1. The van der Waals surface area contributed by atoms with Gasteiger partial charge >= 0.3 is 5.97 Å². The number of hydrogen-bond acceptors (Lipinski definition) is 7. The molecule has 0 atom stereocenters. The molecule has 0 spiro atoms. The average molecular weight is 532 g/mol. The minimum Gasteiger partial charge on any atom is -0.465 e. The van der Waals surface area contributed by atoms with Gasteiger partial charge in [-0.25, -0.2) is 13.4 Å². The molecule has 1 amide bonds. The molecule has 4 rings (SSSR count). The molecule has 0 fully saturated rings. The van der Waals surface area contributed by atoms with Crippen LogP contribution in [0.1, 0.15) is 23.9 Å². The maximum absolute atomic E-state index is 13.0. The molecule has 0 aliphatic carbocycles. The Morgan fingerprint density at radius 1 is 1.03 bits per heavy atom. The van der Waals surface area contributed by atoms with E-state index in [4.69, 9.17) is 15.0 Å². The second-order valence-electron chi connectivity index (χ2n) is 8.27. The number of para-hydroxylation sites is 1. The van der Waals surface area contributed by atoms with E-state index in [0.717, 1.165) is 5.56 Å². The number of sulfonamides is 1. The lowest BCUT2D eigenvalue weighted by molar-refractivity contribution is -0.143. The van der Waals surface area contributed by atoms with Gasteiger partial charge in [-0.05, 0) is 48.9 Å². The lowest BCUT2D eigenvalue weighted by Gasteiger charge is -2.11. The van der Waals surface area contributed by atoms with Crippen molar-refractivity contribution in [3.8, 4) is 6.07 Å². The fourth-order valence-electron chi connectivity index (χ4n) is 3.85. The minimum absolute atomic E-state index is 0.104. The fraction of sp³-hybridized carbons (Fsp3) is 0.185. The van der Waals surface area contributed by atoms with Crippen molar-refractivity contribution in [3.05, 3.63) is 89.7 Å². The summed E-state index contributed by atoms with van der Waals surface area (Å²) in [7, 11) is -3.88. The third-order valence-corrected chi connectivity index (χ3v) is 7.02. The monoisotopic (exact) mass is 531 g/mol. The van der Waals surface area contributed by atoms with Gasteiger partial charge in [-0.1, -0.05) is 36.4 Å². The minimum atomic E-state index is -3.88. The highest BCUT2D eigenvalue weighted by Crippen LogP contribution is 2.27. The Morgan fingerprint density at radius 3 is 2.45 bits per heavy atom. The van der Waals surface area contributed by atoms with Crippen LogP contribution in [0.2, 0.25) is 0 Å². The quantitative estimate of drug-likeness (QED) is 0.300. The molecule has 4 aromatic rings. The van der Waals surface area contributed by atoms with Crippen molar-refractivity contribution < 1.29 is 22.7 Å². The summed E-state index contributed by atoms with van der Waals surface area (Å²) in [6.45, 7) is 1.45. The van der Waals surface area contributed by atoms with E-state index in [1.165, 1.54) is 12.1 Å². The fourth-order valence-corrected chi connectivity index (χ4v) is 4.94. The van der Waals surface area contributed by atoms with Gasteiger partial charge in [-0.3, -0.25) is 14.3 Å². The van der Waals surface area contributed by atoms with Crippen LogP contribution in [0, 0.1) is 11.3 Å². The predicted molar refractivity (Wildman–Crippen MR) is 141 cm³/mol. The molecule has 0 saturated heterocycles. The largest absolute Gasteiger partial charge is 0.465 e. The third-order valence-electron chi connectivity index (χ3n) is 5.64. The van der Waals surface area contributed by atoms with Gasteiger partial charge in [0.1, 0.15) is 24.4 Å². The molecule has 38 heavy (non-hydrogen) atoms. The van der Waals surface area contributed by atoms with Gasteiger partial charge in [0, 0.05) is 6.42 Å². The summed E-state index contributed by atoms with van der Waals surface area (Å²) in [6.07, 6.45) is 0.316. The van der Waals surface area contributed by atoms with Gasteiger partial charge < -0.3 is 14.6 Å². The summed E-state index contributed by atoms with van der Waals surface area (Å²) in [4.78, 5) is 29.2. The number of carbonyl (C=O) groups is 2. The van der Waals surface area contributed by atoms with E-state index in [9.17, 15) is 18.0 Å². The van der Waals surface area contributed by atoms with E-state index >= 15 is 0 Å². The molecule has 0 aliphatic heterocycles. The molecule has 1 heterocycles. The van der Waals surface area contributed by atoms with Crippen LogP contribution in [-0.2, 0) is 37.3 Å². The van der Waals surface area contributed by atoms with Crippen molar-refractivity contribution in [3.63, 3.8) is 0 Å². The highest BCUT2D eigenvalue weighted by molar-refractivity contribution is 7.92. The summed E-state index contributed by atoms with van der Waals surface area (Å²) in [5.74, 6) is -0.484. The van der Waals surface area contributed by atoms with Crippen LogP contribution in [0.3, 0.4) is 0 Å². The van der Waals surface area contributed by atoms with E-state index < -0.39 is 21.9 Å². The van der Waals surface area contributed by atoms with Crippen LogP contribution in [0.25, 0.3) is 11.0 Å². The zero-order valence-electron chi connectivity index (χ0n) is 20.5. The Balaban J connectivity index is 1.70. The molecular weight excluding hydrogens is 506 g/mol. The summed E-state index contributed by atoms with van der Waals surface area (Å²) in [5.41, 5.74) is 2.53. The molecular formula is C27H25N5O5S. The maximum atomic E-state index is 13.0. The maximum Gasteiger partial charge on any atom is 0.325 e. The van der Waals surface area contributed by atoms with E-state index in [2.05, 4.69) is 16.1 Å². The van der Waals surface area contributed by atoms with Crippen molar-refractivity contribution in [2.24, 2.45) is 0 Å². The highest BCUT2D eigenvalue weighted by atomic mass is 32.2. The van der Waals surface area contributed by atoms with E-state index in [0.29, 0.717) is 28.8 Å². The zero-order valence-corrected chi connectivity index (χ0v) is 21.4. The second kappa shape index (κ2) is 11.6. The number of hydrogen-bond donors (Lipinski definition) is 2. The van der Waals surface area contributed by atoms with Crippen molar-refractivity contribution in [1.29, 1.82) is 5.26 Å². The molecule has 0 bridgehead atoms. The van der Waals surface area contributed by atoms with Crippen molar-refractivity contribution in [2.45, 2.75) is 24.8 Å². The van der Waals surface area contributed by atoms with E-state index in [1.54, 1.807) is 72.2 Å². The lowest BCUT2D eigenvalue weighted by atomic mass is 10.1. The molecule has 1 aromatic heterocycles. The Morgan fingerprint density at radius 2 is 1.76 bits per heavy atom. The molecule has 0 saturated carbocycles. The smallest absolute Gasteiger partial charge is 0.325 e. The summed E-state index contributed by atoms with van der Waals surface area (Å²) >= 11 is 0. The Labute approximate surface area is 219 Å². The summed E-state index contributed by atoms with van der Waals surface area (Å²) in [5, 5.41) is 11.6. The Bertz CT molecular complexity index is 1610. The number of benzene rings is 3. The standard InChI is InChI=1S/C27H25N5O5S/c1-2-37-26(34)17-29-25(33)18-32-23-10-6-9-22(31-38(35,36)21-7-4-3-5-8-21)27(23)30-24(32)15-19-11-13-20(16-28)14-12-19/h3-14,31H,2,15,17-18H2,1H3,(H,29,33). The normalized spacial score (nSPS) is 11.1. The number of nitriles is 1. The molecule has 0 radical (unpaired) electrons. The first-order chi connectivity index (χ1) is 18.3. The Kier molecular flexibility index (Phi) is 8.03. The molecule has 194 valence electrons. The van der Waals surface area contributed by atoms with Gasteiger partial charge in [0.2, 0.25) is 5.91 Å². The van der Waals surface area contributed by atoms with E-state index in [1.807, 2.05) is 0 Å². The average Bonchev–Trinajstić information content (AvgIpc) is 3.26. The first kappa shape index (κ1) is 26.4. The lowest BCUT2D eigenvalue weighted by Crippen LogP contribution is -2.33. The van der Waals surface area contributed by atoms with Gasteiger partial charge in [0.05, 0.1) is 34.3 Å². The summed E-state index contributed by atoms with van der Waals surface area (Å²) < 4.78 is 35.1. The van der Waals surface area contributed by atoms with Gasteiger partial charge in [-0.2, -0.15) is 5.26 Å². The second-order valence-corrected chi connectivity index (χ2v) is 9.96. The van der Waals surface area contributed by atoms with Crippen LogP contribution in [0.4, 0.5) is 5.69 Å². The Hall–Kier alpha value is -4.69. The number of esters is 1. The third kappa shape index (κ3) is 6.16. The topological polar surface area (TPSA) is 143 Å². The van der Waals surface area contributed by atoms with Crippen molar-refractivity contribution in [1.82, 2.24) is 14.9 Å². The number of nitrogens with zero attached hydrogens (tertiary/aromatic N) is 3. The number of anilines is 1. The first-order valence-electron chi connectivity index (χ1n) is 11.8. The number of aromatic nitrogens is 2. The van der Waals surface area contributed by atoms with Crippen molar-refractivity contribution in [2.75, 3.05) is 17.9 Å². The molecule has 0 unspecified atom stereocenters. The number of carbonyl (C=O) groups excluding carboxylic acids is 2. The molecule has 11 heteroatoms. The van der Waals surface area contributed by atoms with E-state index in [-0.39, 0.29) is 30.3 Å². The molecule has 2 N–H and O–H groups in total. The van der Waals surface area contributed by atoms with Crippen LogP contribution < -0.4 is 10.0 Å². The number of imidazole rings is 1. The number of ether oxygens (including phenoxy) is 1. The number of nitrogens with one attached hydrogen (secondary N) is 2. The van der Waals surface area contributed by atoms with Gasteiger partial charge in [-0.15, -0.1) is 0 Å². The van der Waals surface area contributed by atoms with Crippen LogP contribution >= 0.6 is 0 Å². The van der Waals surface area contributed by atoms with Crippen molar-refractivity contribution >= 4 is 38.6 Å². The SMILES string of the molecule is CCOC(=O)CNC(=O)Cn1c(Cc2ccc(C#N)cc2)nc2c(NS(=O)(=O)c3ccccc3)cccc21. The predicted octanol–water partition coefficient (Wildman–Crippen LogP) is 2.98. The summed E-state index contributed by atoms with van der Waals surface area (Å²) in [6, 6.07) is 22.0. The van der Waals surface area contributed by atoms with Crippen LogP contribution in [0.5, 0.6) is 0 Å². The number of rotatable bonds is 10. The van der Waals surface area contributed by atoms with Gasteiger partial charge in [0.15, 0.2) is 0 Å². The van der Waals surface area contributed by atoms with Crippen LogP contribution in [-0.4, -0.2) is 43.0 Å². The molecule has 0 aliphatic rings. The zero-order chi connectivity index (χ0) is 27.1. The van der Waals surface area contributed by atoms with Crippen LogP contribution in [0.15, 0.2) is 77.7 Å². The molecule has 10 nitrogen and oxygen atoms in total.